The third kappa shape index (κ3) is 5.41. The highest BCUT2D eigenvalue weighted by atomic mass is 32.1. The van der Waals surface area contributed by atoms with Gasteiger partial charge in [-0.15, -0.1) is 0 Å². The molecular weight excluding hydrogens is 490 g/mol. The van der Waals surface area contributed by atoms with Gasteiger partial charge in [0.15, 0.2) is 0 Å². The van der Waals surface area contributed by atoms with Gasteiger partial charge in [0.05, 0.1) is 24.2 Å². The van der Waals surface area contributed by atoms with Crippen LogP contribution in [0.1, 0.15) is 70.5 Å². The summed E-state index contributed by atoms with van der Waals surface area (Å²) >= 11 is 0.983. The Morgan fingerprint density at radius 1 is 1.11 bits per heavy atom. The number of carbonyl (C=O) groups is 2. The van der Waals surface area contributed by atoms with E-state index in [1.54, 1.807) is 12.0 Å². The number of nitrogens with zero attached hydrogens (tertiary/aromatic N) is 1. The van der Waals surface area contributed by atoms with E-state index in [9.17, 15) is 19.5 Å². The van der Waals surface area contributed by atoms with Crippen LogP contribution in [0.3, 0.4) is 0 Å². The standard InChI is InChI=1S/C28H31N3O5S/c1-36-22-13-11-19(15-23-27(34)30-28(35)37-23)21-12-14-24(32)31(25(21)22)16-17-7-9-18(10-8-17)26(33)29-20-5-3-2-4-6-20/h7-11,13,20,34H,2-6,12,14-16H2,1H3,(H,29,33)(H,30,35). The number of benzene rings is 2. The molecule has 3 aromatic rings. The summed E-state index contributed by atoms with van der Waals surface area (Å²) in [6, 6.07) is 11.4. The maximum Gasteiger partial charge on any atom is 0.307 e. The smallest absolute Gasteiger partial charge is 0.307 e. The van der Waals surface area contributed by atoms with Crippen LogP contribution in [0.25, 0.3) is 0 Å². The van der Waals surface area contributed by atoms with Crippen molar-refractivity contribution in [2.24, 2.45) is 0 Å². The number of ether oxygens (including phenoxy) is 1. The first kappa shape index (κ1) is 25.1. The van der Waals surface area contributed by atoms with Crippen molar-refractivity contribution in [3.63, 3.8) is 0 Å². The summed E-state index contributed by atoms with van der Waals surface area (Å²) in [5, 5.41) is 13.2. The molecule has 1 fully saturated rings. The average Bonchev–Trinajstić information content (AvgIpc) is 3.22. The number of aromatic nitrogens is 1. The van der Waals surface area contributed by atoms with Crippen molar-refractivity contribution in [1.82, 2.24) is 10.3 Å². The van der Waals surface area contributed by atoms with Gasteiger partial charge in [0, 0.05) is 24.4 Å². The number of nitrogens with one attached hydrogen (secondary N) is 2. The van der Waals surface area contributed by atoms with E-state index in [4.69, 9.17) is 4.74 Å². The summed E-state index contributed by atoms with van der Waals surface area (Å²) in [6.07, 6.45) is 6.91. The van der Waals surface area contributed by atoms with E-state index in [0.29, 0.717) is 42.0 Å². The van der Waals surface area contributed by atoms with Crippen molar-refractivity contribution in [2.45, 2.75) is 64.0 Å². The number of fused-ring (bicyclic) bond motifs is 1. The number of anilines is 1. The number of amides is 2. The molecule has 2 aromatic carbocycles. The minimum Gasteiger partial charge on any atom is -0.495 e. The number of methoxy groups -OCH3 is 1. The Balaban J connectivity index is 1.38. The number of hydrogen-bond acceptors (Lipinski definition) is 6. The van der Waals surface area contributed by atoms with Crippen molar-refractivity contribution in [1.29, 1.82) is 0 Å². The molecule has 194 valence electrons. The minimum atomic E-state index is -0.303. The van der Waals surface area contributed by atoms with Gasteiger partial charge in [0.1, 0.15) is 5.75 Å². The molecule has 37 heavy (non-hydrogen) atoms. The van der Waals surface area contributed by atoms with Gasteiger partial charge in [-0.2, -0.15) is 0 Å². The van der Waals surface area contributed by atoms with Crippen LogP contribution in [0.5, 0.6) is 11.6 Å². The van der Waals surface area contributed by atoms with Gasteiger partial charge in [-0.05, 0) is 54.2 Å². The molecule has 0 atom stereocenters. The molecule has 0 saturated heterocycles. The van der Waals surface area contributed by atoms with E-state index in [0.717, 1.165) is 59.4 Å². The van der Waals surface area contributed by atoms with Crippen LogP contribution in [-0.4, -0.2) is 35.1 Å². The van der Waals surface area contributed by atoms with Crippen molar-refractivity contribution in [2.75, 3.05) is 12.0 Å². The first-order valence-corrected chi connectivity index (χ1v) is 13.5. The molecule has 9 heteroatoms. The van der Waals surface area contributed by atoms with Gasteiger partial charge < -0.3 is 20.1 Å². The summed E-state index contributed by atoms with van der Waals surface area (Å²) in [6.45, 7) is 0.346. The summed E-state index contributed by atoms with van der Waals surface area (Å²) < 4.78 is 5.63. The fraction of sp³-hybridized carbons (Fsp3) is 0.393. The van der Waals surface area contributed by atoms with E-state index in [1.165, 1.54) is 6.42 Å². The summed E-state index contributed by atoms with van der Waals surface area (Å²) in [5.41, 5.74) is 4.16. The van der Waals surface area contributed by atoms with Crippen LogP contribution >= 0.6 is 11.3 Å². The molecular formula is C28H31N3O5S. The predicted molar refractivity (Wildman–Crippen MR) is 143 cm³/mol. The first-order chi connectivity index (χ1) is 17.9. The van der Waals surface area contributed by atoms with Gasteiger partial charge in [0.25, 0.3) is 5.91 Å². The van der Waals surface area contributed by atoms with Gasteiger partial charge in [0.2, 0.25) is 11.8 Å². The lowest BCUT2D eigenvalue weighted by Gasteiger charge is -2.32. The number of rotatable bonds is 7. The first-order valence-electron chi connectivity index (χ1n) is 12.7. The molecule has 1 aromatic heterocycles. The number of aromatic hydroxyl groups is 1. The normalized spacial score (nSPS) is 15.9. The second-order valence-electron chi connectivity index (χ2n) is 9.70. The highest BCUT2D eigenvalue weighted by molar-refractivity contribution is 7.09. The van der Waals surface area contributed by atoms with Crippen molar-refractivity contribution in [3.8, 4) is 11.6 Å². The molecule has 0 bridgehead atoms. The zero-order valence-electron chi connectivity index (χ0n) is 20.8. The molecule has 5 rings (SSSR count). The van der Waals surface area contributed by atoms with E-state index >= 15 is 0 Å². The highest BCUT2D eigenvalue weighted by Gasteiger charge is 2.30. The number of hydrogen-bond donors (Lipinski definition) is 3. The number of thiazole rings is 1. The lowest BCUT2D eigenvalue weighted by Crippen LogP contribution is -2.36. The van der Waals surface area contributed by atoms with Gasteiger partial charge in [-0.25, -0.2) is 0 Å². The van der Waals surface area contributed by atoms with E-state index in [1.807, 2.05) is 36.4 Å². The average molecular weight is 522 g/mol. The maximum atomic E-state index is 13.1. The molecule has 1 saturated carbocycles. The zero-order chi connectivity index (χ0) is 25.9. The molecule has 0 spiro atoms. The summed E-state index contributed by atoms with van der Waals surface area (Å²) in [4.78, 5) is 41.8. The second-order valence-corrected chi connectivity index (χ2v) is 10.8. The third-order valence-electron chi connectivity index (χ3n) is 7.27. The van der Waals surface area contributed by atoms with Crippen LogP contribution in [-0.2, 0) is 24.2 Å². The predicted octanol–water partition coefficient (Wildman–Crippen LogP) is 4.28. The molecule has 0 radical (unpaired) electrons. The lowest BCUT2D eigenvalue weighted by atomic mass is 9.92. The van der Waals surface area contributed by atoms with Crippen LogP contribution in [0.2, 0.25) is 0 Å². The molecule has 1 aliphatic heterocycles. The van der Waals surface area contributed by atoms with Crippen molar-refractivity contribution in [3.05, 3.63) is 73.2 Å². The third-order valence-corrected chi connectivity index (χ3v) is 8.14. The fourth-order valence-electron chi connectivity index (χ4n) is 5.33. The van der Waals surface area contributed by atoms with Crippen LogP contribution in [0, 0.1) is 0 Å². The van der Waals surface area contributed by atoms with Crippen LogP contribution < -0.4 is 19.8 Å². The molecule has 8 nitrogen and oxygen atoms in total. The Kier molecular flexibility index (Phi) is 7.32. The Hall–Kier alpha value is -3.59. The SMILES string of the molecule is COc1ccc(Cc2sc(=O)[nH]c2O)c2c1N(Cc1ccc(C(=O)NC3CCCCC3)cc1)C(=O)CC2. The topological polar surface area (TPSA) is 112 Å². The van der Waals surface area contributed by atoms with Gasteiger partial charge in [-0.3, -0.25) is 19.4 Å². The van der Waals surface area contributed by atoms with Crippen molar-refractivity contribution < 1.29 is 19.4 Å². The van der Waals surface area contributed by atoms with Crippen LogP contribution in [0.15, 0.2) is 41.2 Å². The molecule has 0 unspecified atom stereocenters. The minimum absolute atomic E-state index is 0.00350. The molecule has 2 amide bonds. The van der Waals surface area contributed by atoms with E-state index in [-0.39, 0.29) is 28.6 Å². The summed E-state index contributed by atoms with van der Waals surface area (Å²) in [7, 11) is 1.58. The Bertz CT molecular complexity index is 1360. The van der Waals surface area contributed by atoms with Crippen molar-refractivity contribution >= 4 is 28.8 Å². The molecule has 1 aliphatic carbocycles. The quantitative estimate of drug-likeness (QED) is 0.430. The maximum absolute atomic E-state index is 13.1. The summed E-state index contributed by atoms with van der Waals surface area (Å²) in [5.74, 6) is 0.424. The Morgan fingerprint density at radius 2 is 1.86 bits per heavy atom. The fourth-order valence-corrected chi connectivity index (χ4v) is 6.07. The largest absolute Gasteiger partial charge is 0.495 e. The van der Waals surface area contributed by atoms with Crippen LogP contribution in [0.4, 0.5) is 5.69 Å². The molecule has 3 N–H and O–H groups in total. The Labute approximate surface area is 219 Å². The highest BCUT2D eigenvalue weighted by Crippen LogP contribution is 2.41. The number of H-pyrrole nitrogens is 1. The monoisotopic (exact) mass is 521 g/mol. The molecule has 2 heterocycles. The molecule has 2 aliphatic rings. The van der Waals surface area contributed by atoms with Gasteiger partial charge in [-0.1, -0.05) is 48.8 Å². The lowest BCUT2D eigenvalue weighted by molar-refractivity contribution is -0.119. The number of aromatic amines is 1. The number of carbonyl (C=O) groups excluding carboxylic acids is 2. The Morgan fingerprint density at radius 3 is 2.54 bits per heavy atom. The van der Waals surface area contributed by atoms with Gasteiger partial charge >= 0.3 is 4.87 Å². The second kappa shape index (κ2) is 10.8. The zero-order valence-corrected chi connectivity index (χ0v) is 21.7. The van der Waals surface area contributed by atoms with E-state index < -0.39 is 0 Å². The van der Waals surface area contributed by atoms with E-state index in [2.05, 4.69) is 10.3 Å².